The summed E-state index contributed by atoms with van der Waals surface area (Å²) in [7, 11) is 4.19. The van der Waals surface area contributed by atoms with Crippen LogP contribution in [-0.4, -0.2) is 24.7 Å². The normalized spacial score (nSPS) is 13.3. The molecule has 1 aromatic rings. The monoisotopic (exact) mass is 209 g/mol. The highest BCUT2D eigenvalue weighted by Crippen LogP contribution is 2.23. The van der Waals surface area contributed by atoms with Gasteiger partial charge in [0.05, 0.1) is 0 Å². The molecule has 14 heavy (non-hydrogen) atoms. The van der Waals surface area contributed by atoms with Crippen LogP contribution in [0.2, 0.25) is 0 Å². The van der Waals surface area contributed by atoms with Crippen LogP contribution < -0.4 is 0 Å². The molecule has 1 unspecified atom stereocenters. The second-order valence-corrected chi connectivity index (χ2v) is 4.39. The molecule has 0 N–H and O–H groups in total. The van der Waals surface area contributed by atoms with Gasteiger partial charge in [0.25, 0.3) is 0 Å². The first-order valence-corrected chi connectivity index (χ1v) is 5.54. The number of hydrogen-bond acceptors (Lipinski definition) is 2. The van der Waals surface area contributed by atoms with Gasteiger partial charge in [0.1, 0.15) is 0 Å². The van der Waals surface area contributed by atoms with Crippen LogP contribution in [-0.2, 0) is 0 Å². The summed E-state index contributed by atoms with van der Waals surface area (Å²) in [5, 5.41) is 0. The zero-order valence-electron chi connectivity index (χ0n) is 9.41. The SMILES string of the molecule is Cc1ccc(C(CS)N(C)C)c(C)c1. The first-order chi connectivity index (χ1) is 6.56. The molecule has 0 heterocycles. The Morgan fingerprint density at radius 2 is 1.93 bits per heavy atom. The van der Waals surface area contributed by atoms with Gasteiger partial charge < -0.3 is 4.90 Å². The third-order valence-electron chi connectivity index (χ3n) is 2.58. The molecule has 2 heteroatoms. The number of rotatable bonds is 3. The van der Waals surface area contributed by atoms with Crippen molar-refractivity contribution in [3.05, 3.63) is 34.9 Å². The molecule has 0 fully saturated rings. The van der Waals surface area contributed by atoms with Crippen molar-refractivity contribution in [2.24, 2.45) is 0 Å². The lowest BCUT2D eigenvalue weighted by molar-refractivity contribution is 0.325. The molecular formula is C12H19NS. The Hall–Kier alpha value is -0.470. The maximum Gasteiger partial charge on any atom is 0.0432 e. The molecule has 0 aromatic heterocycles. The van der Waals surface area contributed by atoms with E-state index in [4.69, 9.17) is 0 Å². The minimum Gasteiger partial charge on any atom is -0.302 e. The van der Waals surface area contributed by atoms with E-state index in [1.54, 1.807) is 0 Å². The van der Waals surface area contributed by atoms with Crippen molar-refractivity contribution in [1.29, 1.82) is 0 Å². The van der Waals surface area contributed by atoms with Gasteiger partial charge in [-0.3, -0.25) is 0 Å². The maximum atomic E-state index is 4.40. The van der Waals surface area contributed by atoms with E-state index in [9.17, 15) is 0 Å². The third kappa shape index (κ3) is 2.52. The fourth-order valence-corrected chi connectivity index (χ4v) is 2.26. The molecule has 0 saturated carbocycles. The average Bonchev–Trinajstić information content (AvgIpc) is 2.09. The summed E-state index contributed by atoms with van der Waals surface area (Å²) in [5.74, 6) is 0.858. The highest BCUT2D eigenvalue weighted by Gasteiger charge is 2.13. The van der Waals surface area contributed by atoms with E-state index >= 15 is 0 Å². The summed E-state index contributed by atoms with van der Waals surface area (Å²) in [5.41, 5.74) is 4.07. The predicted molar refractivity (Wildman–Crippen MR) is 66.2 cm³/mol. The molecule has 1 nitrogen and oxygen atoms in total. The molecule has 0 bridgehead atoms. The summed E-state index contributed by atoms with van der Waals surface area (Å²) in [6.45, 7) is 4.30. The molecule has 78 valence electrons. The van der Waals surface area contributed by atoms with Crippen LogP contribution in [0.25, 0.3) is 0 Å². The van der Waals surface area contributed by atoms with Gasteiger partial charge in [0.15, 0.2) is 0 Å². The Bertz CT molecular complexity index is 307. The molecular weight excluding hydrogens is 190 g/mol. The summed E-state index contributed by atoms with van der Waals surface area (Å²) >= 11 is 4.40. The highest BCUT2D eigenvalue weighted by atomic mass is 32.1. The quantitative estimate of drug-likeness (QED) is 0.749. The van der Waals surface area contributed by atoms with Gasteiger partial charge in [0, 0.05) is 11.8 Å². The van der Waals surface area contributed by atoms with Crippen molar-refractivity contribution in [3.63, 3.8) is 0 Å². The van der Waals surface area contributed by atoms with Crippen LogP contribution in [0, 0.1) is 13.8 Å². The first-order valence-electron chi connectivity index (χ1n) is 4.90. The van der Waals surface area contributed by atoms with Crippen LogP contribution in [0.1, 0.15) is 22.7 Å². The number of hydrogen-bond donors (Lipinski definition) is 1. The lowest BCUT2D eigenvalue weighted by Gasteiger charge is -2.24. The predicted octanol–water partition coefficient (Wildman–Crippen LogP) is 2.84. The van der Waals surface area contributed by atoms with Crippen molar-refractivity contribution in [3.8, 4) is 0 Å². The minimum absolute atomic E-state index is 0.416. The van der Waals surface area contributed by atoms with E-state index in [0.29, 0.717) is 6.04 Å². The fourth-order valence-electron chi connectivity index (χ4n) is 1.74. The smallest absolute Gasteiger partial charge is 0.0432 e. The molecule has 1 aromatic carbocycles. The van der Waals surface area contributed by atoms with Crippen molar-refractivity contribution in [1.82, 2.24) is 4.90 Å². The number of benzene rings is 1. The molecule has 1 rings (SSSR count). The maximum absolute atomic E-state index is 4.40. The van der Waals surface area contributed by atoms with E-state index in [1.165, 1.54) is 16.7 Å². The van der Waals surface area contributed by atoms with Gasteiger partial charge in [0.2, 0.25) is 0 Å². The van der Waals surface area contributed by atoms with E-state index < -0.39 is 0 Å². The Morgan fingerprint density at radius 3 is 2.36 bits per heavy atom. The standard InChI is InChI=1S/C12H19NS/c1-9-5-6-11(10(2)7-9)12(8-14)13(3)4/h5-7,12,14H,8H2,1-4H3. The topological polar surface area (TPSA) is 3.24 Å². The minimum atomic E-state index is 0.416. The number of thiol groups is 1. The third-order valence-corrected chi connectivity index (χ3v) is 2.93. The number of aryl methyl sites for hydroxylation is 2. The van der Waals surface area contributed by atoms with E-state index in [1.807, 2.05) is 0 Å². The Labute approximate surface area is 92.5 Å². The zero-order valence-corrected chi connectivity index (χ0v) is 10.3. The van der Waals surface area contributed by atoms with Crippen molar-refractivity contribution >= 4 is 12.6 Å². The van der Waals surface area contributed by atoms with Crippen molar-refractivity contribution in [2.75, 3.05) is 19.8 Å². The molecule has 0 aliphatic rings. The molecule has 0 radical (unpaired) electrons. The van der Waals surface area contributed by atoms with E-state index in [-0.39, 0.29) is 0 Å². The van der Waals surface area contributed by atoms with Crippen molar-refractivity contribution in [2.45, 2.75) is 19.9 Å². The Balaban J connectivity index is 3.04. The Morgan fingerprint density at radius 1 is 1.29 bits per heavy atom. The fraction of sp³-hybridized carbons (Fsp3) is 0.500. The molecule has 0 spiro atoms. The lowest BCUT2D eigenvalue weighted by Crippen LogP contribution is -2.22. The van der Waals surface area contributed by atoms with Gasteiger partial charge >= 0.3 is 0 Å². The van der Waals surface area contributed by atoms with Gasteiger partial charge in [-0.1, -0.05) is 23.8 Å². The van der Waals surface area contributed by atoms with E-state index in [2.05, 4.69) is 63.7 Å². The largest absolute Gasteiger partial charge is 0.302 e. The number of nitrogens with zero attached hydrogens (tertiary/aromatic N) is 1. The van der Waals surface area contributed by atoms with Gasteiger partial charge in [-0.25, -0.2) is 0 Å². The average molecular weight is 209 g/mol. The summed E-state index contributed by atoms with van der Waals surface area (Å²) in [6, 6.07) is 7.03. The van der Waals surface area contributed by atoms with Gasteiger partial charge in [-0.15, -0.1) is 0 Å². The summed E-state index contributed by atoms with van der Waals surface area (Å²) in [4.78, 5) is 2.21. The lowest BCUT2D eigenvalue weighted by atomic mass is 10.00. The van der Waals surface area contributed by atoms with E-state index in [0.717, 1.165) is 5.75 Å². The zero-order chi connectivity index (χ0) is 10.7. The molecule has 0 saturated heterocycles. The second-order valence-electron chi connectivity index (χ2n) is 4.02. The van der Waals surface area contributed by atoms with Crippen LogP contribution in [0.15, 0.2) is 18.2 Å². The summed E-state index contributed by atoms with van der Waals surface area (Å²) < 4.78 is 0. The van der Waals surface area contributed by atoms with Crippen LogP contribution >= 0.6 is 12.6 Å². The second kappa shape index (κ2) is 4.85. The summed E-state index contributed by atoms with van der Waals surface area (Å²) in [6.07, 6.45) is 0. The molecule has 0 amide bonds. The Kier molecular flexibility index (Phi) is 4.02. The van der Waals surface area contributed by atoms with Crippen molar-refractivity contribution < 1.29 is 0 Å². The van der Waals surface area contributed by atoms with Gasteiger partial charge in [-0.2, -0.15) is 12.6 Å². The molecule has 1 atom stereocenters. The highest BCUT2D eigenvalue weighted by molar-refractivity contribution is 7.80. The van der Waals surface area contributed by atoms with Gasteiger partial charge in [-0.05, 0) is 39.1 Å². The van der Waals surface area contributed by atoms with Crippen LogP contribution in [0.5, 0.6) is 0 Å². The first kappa shape index (κ1) is 11.6. The van der Waals surface area contributed by atoms with Crippen LogP contribution in [0.3, 0.4) is 0 Å². The van der Waals surface area contributed by atoms with Crippen LogP contribution in [0.4, 0.5) is 0 Å². The molecule has 0 aliphatic heterocycles. The molecule has 0 aliphatic carbocycles.